The molecule has 0 atom stereocenters. The van der Waals surface area contributed by atoms with E-state index in [4.69, 9.17) is 16.3 Å². The Balaban J connectivity index is 1.86. The highest BCUT2D eigenvalue weighted by molar-refractivity contribution is 9.10. The summed E-state index contributed by atoms with van der Waals surface area (Å²) in [5.74, 6) is -0.980. The van der Waals surface area contributed by atoms with Gasteiger partial charge in [0.15, 0.2) is 6.61 Å². The van der Waals surface area contributed by atoms with Crippen LogP contribution in [0.25, 0.3) is 0 Å². The summed E-state index contributed by atoms with van der Waals surface area (Å²) in [5.41, 5.74) is 0.931. The van der Waals surface area contributed by atoms with Crippen LogP contribution < -0.4 is 5.32 Å². The van der Waals surface area contributed by atoms with Gasteiger partial charge in [-0.1, -0.05) is 33.6 Å². The predicted molar refractivity (Wildman–Crippen MR) is 84.5 cm³/mol. The van der Waals surface area contributed by atoms with Crippen molar-refractivity contribution in [2.24, 2.45) is 0 Å². The van der Waals surface area contributed by atoms with Crippen LogP contribution in [0.2, 0.25) is 5.02 Å². The third kappa shape index (κ3) is 4.88. The monoisotopic (exact) mass is 367 g/mol. The second kappa shape index (κ2) is 7.24. The van der Waals surface area contributed by atoms with Crippen LogP contribution in [0.5, 0.6) is 0 Å². The zero-order valence-electron chi connectivity index (χ0n) is 10.8. The molecule has 0 radical (unpaired) electrons. The Morgan fingerprint density at radius 1 is 1.14 bits per heavy atom. The van der Waals surface area contributed by atoms with Gasteiger partial charge in [0.05, 0.1) is 5.56 Å². The van der Waals surface area contributed by atoms with E-state index in [1.165, 1.54) is 0 Å². The van der Waals surface area contributed by atoms with E-state index in [0.717, 1.165) is 4.47 Å². The summed E-state index contributed by atoms with van der Waals surface area (Å²) in [4.78, 5) is 23.4. The summed E-state index contributed by atoms with van der Waals surface area (Å²) in [5, 5.41) is 3.10. The number of esters is 1. The average molecular weight is 369 g/mol. The van der Waals surface area contributed by atoms with E-state index in [-0.39, 0.29) is 6.61 Å². The first-order valence-electron chi connectivity index (χ1n) is 6.03. The maximum absolute atomic E-state index is 11.7. The summed E-state index contributed by atoms with van der Waals surface area (Å²) in [6, 6.07) is 13.4. The number of benzene rings is 2. The zero-order valence-corrected chi connectivity index (χ0v) is 13.1. The van der Waals surface area contributed by atoms with E-state index in [1.807, 2.05) is 0 Å². The molecule has 0 saturated heterocycles. The number of rotatable bonds is 4. The Morgan fingerprint density at radius 3 is 2.52 bits per heavy atom. The lowest BCUT2D eigenvalue weighted by Crippen LogP contribution is -2.20. The van der Waals surface area contributed by atoms with Crippen molar-refractivity contribution in [2.75, 3.05) is 11.9 Å². The standard InChI is InChI=1S/C15H11BrClNO3/c16-11-6-4-10(5-7-11)15(20)21-9-14(19)18-13-3-1-2-12(17)8-13/h1-8H,9H2,(H,18,19). The lowest BCUT2D eigenvalue weighted by molar-refractivity contribution is -0.119. The first kappa shape index (κ1) is 15.5. The van der Waals surface area contributed by atoms with Crippen LogP contribution in [0.1, 0.15) is 10.4 Å². The van der Waals surface area contributed by atoms with Crippen LogP contribution in [-0.4, -0.2) is 18.5 Å². The number of amides is 1. The van der Waals surface area contributed by atoms with E-state index >= 15 is 0 Å². The van der Waals surface area contributed by atoms with Gasteiger partial charge in [0.1, 0.15) is 0 Å². The maximum Gasteiger partial charge on any atom is 0.338 e. The normalized spacial score (nSPS) is 10.0. The van der Waals surface area contributed by atoms with Gasteiger partial charge in [-0.15, -0.1) is 0 Å². The molecule has 0 saturated carbocycles. The fourth-order valence-corrected chi connectivity index (χ4v) is 2.02. The van der Waals surface area contributed by atoms with Gasteiger partial charge in [-0.3, -0.25) is 4.79 Å². The minimum absolute atomic E-state index is 0.360. The number of ether oxygens (including phenoxy) is 1. The largest absolute Gasteiger partial charge is 0.452 e. The molecule has 0 aliphatic rings. The quantitative estimate of drug-likeness (QED) is 0.833. The molecule has 0 fully saturated rings. The van der Waals surface area contributed by atoms with Gasteiger partial charge in [-0.25, -0.2) is 4.79 Å². The summed E-state index contributed by atoms with van der Waals surface area (Å²) in [6.45, 7) is -0.360. The number of carbonyl (C=O) groups excluding carboxylic acids is 2. The molecule has 1 N–H and O–H groups in total. The molecular weight excluding hydrogens is 358 g/mol. The maximum atomic E-state index is 11.7. The molecule has 2 rings (SSSR count). The van der Waals surface area contributed by atoms with Crippen molar-refractivity contribution in [3.05, 3.63) is 63.6 Å². The first-order valence-corrected chi connectivity index (χ1v) is 7.20. The zero-order chi connectivity index (χ0) is 15.2. The molecule has 108 valence electrons. The van der Waals surface area contributed by atoms with Crippen molar-refractivity contribution in [1.82, 2.24) is 0 Å². The molecule has 0 heterocycles. The average Bonchev–Trinajstić information content (AvgIpc) is 2.45. The fraction of sp³-hybridized carbons (Fsp3) is 0.0667. The highest BCUT2D eigenvalue weighted by atomic mass is 79.9. The van der Waals surface area contributed by atoms with Gasteiger partial charge in [-0.2, -0.15) is 0 Å². The van der Waals surface area contributed by atoms with Crippen molar-refractivity contribution in [3.8, 4) is 0 Å². The number of nitrogens with one attached hydrogen (secondary N) is 1. The summed E-state index contributed by atoms with van der Waals surface area (Å²) in [6.07, 6.45) is 0. The predicted octanol–water partition coefficient (Wildman–Crippen LogP) is 3.90. The van der Waals surface area contributed by atoms with E-state index in [2.05, 4.69) is 21.2 Å². The molecule has 0 aliphatic heterocycles. The van der Waals surface area contributed by atoms with Crippen LogP contribution in [0.3, 0.4) is 0 Å². The van der Waals surface area contributed by atoms with Gasteiger partial charge in [0.2, 0.25) is 0 Å². The van der Waals surface area contributed by atoms with Crippen LogP contribution in [0.4, 0.5) is 5.69 Å². The highest BCUT2D eigenvalue weighted by Gasteiger charge is 2.10. The SMILES string of the molecule is O=C(COC(=O)c1ccc(Br)cc1)Nc1cccc(Cl)c1. The lowest BCUT2D eigenvalue weighted by atomic mass is 10.2. The van der Waals surface area contributed by atoms with Crippen molar-refractivity contribution < 1.29 is 14.3 Å². The van der Waals surface area contributed by atoms with Crippen molar-refractivity contribution in [2.45, 2.75) is 0 Å². The van der Waals surface area contributed by atoms with Crippen molar-refractivity contribution in [3.63, 3.8) is 0 Å². The molecule has 2 aromatic rings. The fourth-order valence-electron chi connectivity index (χ4n) is 1.56. The molecular formula is C15H11BrClNO3. The minimum atomic E-state index is -0.552. The van der Waals surface area contributed by atoms with Gasteiger partial charge in [0, 0.05) is 15.2 Å². The molecule has 21 heavy (non-hydrogen) atoms. The Morgan fingerprint density at radius 2 is 1.86 bits per heavy atom. The Hall–Kier alpha value is -1.85. The minimum Gasteiger partial charge on any atom is -0.452 e. The molecule has 0 bridgehead atoms. The van der Waals surface area contributed by atoms with E-state index in [9.17, 15) is 9.59 Å². The number of anilines is 1. The van der Waals surface area contributed by atoms with E-state index < -0.39 is 11.9 Å². The third-order valence-corrected chi connectivity index (χ3v) is 3.29. The van der Waals surface area contributed by atoms with Gasteiger partial charge >= 0.3 is 5.97 Å². The molecule has 4 nitrogen and oxygen atoms in total. The molecule has 0 aliphatic carbocycles. The van der Waals surface area contributed by atoms with Crippen molar-refractivity contribution >= 4 is 45.1 Å². The second-order valence-electron chi connectivity index (χ2n) is 4.14. The van der Waals surface area contributed by atoms with Gasteiger partial charge in [-0.05, 0) is 42.5 Å². The van der Waals surface area contributed by atoms with Crippen LogP contribution in [0.15, 0.2) is 53.0 Å². The number of hydrogen-bond donors (Lipinski definition) is 1. The Kier molecular flexibility index (Phi) is 5.36. The van der Waals surface area contributed by atoms with Gasteiger partial charge < -0.3 is 10.1 Å². The number of hydrogen-bond acceptors (Lipinski definition) is 3. The topological polar surface area (TPSA) is 55.4 Å². The number of halogens is 2. The molecule has 0 aromatic heterocycles. The molecule has 0 spiro atoms. The van der Waals surface area contributed by atoms with E-state index in [1.54, 1.807) is 48.5 Å². The molecule has 6 heteroatoms. The molecule has 2 aromatic carbocycles. The summed E-state index contributed by atoms with van der Waals surface area (Å²) in [7, 11) is 0. The summed E-state index contributed by atoms with van der Waals surface area (Å²) < 4.78 is 5.79. The smallest absolute Gasteiger partial charge is 0.338 e. The highest BCUT2D eigenvalue weighted by Crippen LogP contribution is 2.15. The summed E-state index contributed by atoms with van der Waals surface area (Å²) >= 11 is 9.08. The Labute approximate surface area is 135 Å². The van der Waals surface area contributed by atoms with Crippen LogP contribution >= 0.6 is 27.5 Å². The van der Waals surface area contributed by atoms with E-state index in [0.29, 0.717) is 16.3 Å². The van der Waals surface area contributed by atoms with Gasteiger partial charge in [0.25, 0.3) is 5.91 Å². The Bertz CT molecular complexity index is 658. The van der Waals surface area contributed by atoms with Crippen LogP contribution in [0, 0.1) is 0 Å². The molecule has 1 amide bonds. The number of carbonyl (C=O) groups is 2. The third-order valence-electron chi connectivity index (χ3n) is 2.52. The second-order valence-corrected chi connectivity index (χ2v) is 5.49. The van der Waals surface area contributed by atoms with Crippen molar-refractivity contribution in [1.29, 1.82) is 0 Å². The first-order chi connectivity index (χ1) is 10.0. The lowest BCUT2D eigenvalue weighted by Gasteiger charge is -2.07. The molecule has 0 unspecified atom stereocenters. The van der Waals surface area contributed by atoms with Crippen LogP contribution in [-0.2, 0) is 9.53 Å².